The highest BCUT2D eigenvalue weighted by atomic mass is 79.9. The van der Waals surface area contributed by atoms with Gasteiger partial charge in [0.15, 0.2) is 0 Å². The zero-order chi connectivity index (χ0) is 17.5. The molecule has 0 aliphatic rings. The molecule has 0 bridgehead atoms. The maximum atomic E-state index is 12.8. The molecular weight excluding hydrogens is 395 g/mol. The number of carbonyl (C=O) groups is 2. The summed E-state index contributed by atoms with van der Waals surface area (Å²) in [5.74, 6) is -0.640. The van der Waals surface area contributed by atoms with E-state index in [1.54, 1.807) is 19.1 Å². The van der Waals surface area contributed by atoms with Gasteiger partial charge in [-0.25, -0.2) is 4.39 Å². The Labute approximate surface area is 152 Å². The van der Waals surface area contributed by atoms with Crippen molar-refractivity contribution in [1.29, 1.82) is 0 Å². The number of halogens is 2. The van der Waals surface area contributed by atoms with E-state index in [1.165, 1.54) is 36.0 Å². The fraction of sp³-hybridized carbons (Fsp3) is 0.176. The summed E-state index contributed by atoms with van der Waals surface area (Å²) in [6.45, 7) is 1.74. The molecule has 7 heteroatoms. The lowest BCUT2D eigenvalue weighted by molar-refractivity contribution is -0.115. The van der Waals surface area contributed by atoms with Gasteiger partial charge in [0.25, 0.3) is 0 Å². The van der Waals surface area contributed by atoms with E-state index in [0.29, 0.717) is 11.4 Å². The van der Waals surface area contributed by atoms with Crippen LogP contribution in [0.25, 0.3) is 0 Å². The number of thioether (sulfide) groups is 1. The van der Waals surface area contributed by atoms with Gasteiger partial charge in [0.05, 0.1) is 11.0 Å². The summed E-state index contributed by atoms with van der Waals surface area (Å²) in [7, 11) is 0. The Hall–Kier alpha value is -1.86. The van der Waals surface area contributed by atoms with Crippen molar-refractivity contribution in [3.63, 3.8) is 0 Å². The van der Waals surface area contributed by atoms with E-state index in [-0.39, 0.29) is 28.6 Å². The molecule has 2 aromatic carbocycles. The Kier molecular flexibility index (Phi) is 6.81. The third kappa shape index (κ3) is 5.98. The second-order valence-corrected chi connectivity index (χ2v) is 7.25. The maximum absolute atomic E-state index is 12.8. The number of anilines is 2. The molecule has 2 rings (SSSR count). The van der Waals surface area contributed by atoms with Crippen molar-refractivity contribution < 1.29 is 14.0 Å². The molecule has 24 heavy (non-hydrogen) atoms. The molecule has 0 fully saturated rings. The van der Waals surface area contributed by atoms with Crippen molar-refractivity contribution in [1.82, 2.24) is 0 Å². The van der Waals surface area contributed by atoms with Crippen molar-refractivity contribution in [3.05, 3.63) is 58.8 Å². The molecule has 2 amide bonds. The van der Waals surface area contributed by atoms with Crippen molar-refractivity contribution in [2.75, 3.05) is 16.4 Å². The fourth-order valence-electron chi connectivity index (χ4n) is 1.78. The normalized spacial score (nSPS) is 11.6. The third-order valence-corrected chi connectivity index (χ3v) is 4.74. The molecule has 126 valence electrons. The molecule has 2 N–H and O–H groups in total. The minimum atomic E-state index is -0.382. The summed E-state index contributed by atoms with van der Waals surface area (Å²) in [4.78, 5) is 23.9. The Morgan fingerprint density at radius 1 is 1.04 bits per heavy atom. The van der Waals surface area contributed by atoms with Crippen LogP contribution < -0.4 is 10.6 Å². The van der Waals surface area contributed by atoms with Gasteiger partial charge in [-0.3, -0.25) is 9.59 Å². The zero-order valence-corrected chi connectivity index (χ0v) is 15.3. The summed E-state index contributed by atoms with van der Waals surface area (Å²) < 4.78 is 13.7. The van der Waals surface area contributed by atoms with Gasteiger partial charge in [0.2, 0.25) is 11.8 Å². The smallest absolute Gasteiger partial charge is 0.237 e. The number of carbonyl (C=O) groups excluding carboxylic acids is 2. The van der Waals surface area contributed by atoms with E-state index in [4.69, 9.17) is 0 Å². The first kappa shape index (κ1) is 18.5. The molecule has 0 heterocycles. The highest BCUT2D eigenvalue weighted by Crippen LogP contribution is 2.17. The van der Waals surface area contributed by atoms with Gasteiger partial charge in [-0.05, 0) is 55.5 Å². The fourth-order valence-corrected chi connectivity index (χ4v) is 2.73. The molecule has 0 radical (unpaired) electrons. The largest absolute Gasteiger partial charge is 0.325 e. The van der Waals surface area contributed by atoms with Crippen molar-refractivity contribution in [3.8, 4) is 0 Å². The van der Waals surface area contributed by atoms with Crippen LogP contribution in [0.4, 0.5) is 15.8 Å². The lowest BCUT2D eigenvalue weighted by Gasteiger charge is -2.12. The monoisotopic (exact) mass is 410 g/mol. The summed E-state index contributed by atoms with van der Waals surface area (Å²) >= 11 is 4.56. The molecular formula is C17H16BrFN2O2S. The summed E-state index contributed by atoms with van der Waals surface area (Å²) in [5.41, 5.74) is 1.22. The molecule has 0 aliphatic heterocycles. The van der Waals surface area contributed by atoms with Crippen LogP contribution in [0.15, 0.2) is 53.0 Å². The quantitative estimate of drug-likeness (QED) is 0.746. The van der Waals surface area contributed by atoms with Crippen LogP contribution in [0.2, 0.25) is 0 Å². The number of hydrogen-bond acceptors (Lipinski definition) is 3. The van der Waals surface area contributed by atoms with E-state index in [2.05, 4.69) is 26.6 Å². The standard InChI is InChI=1S/C17H16BrFN2O2S/c1-11(17(23)21-15-6-2-12(18)3-7-15)24-10-16(22)20-14-8-4-13(19)5-9-14/h2-9,11H,10H2,1H3,(H,20,22)(H,21,23)/t11-/m1/s1. The van der Waals surface area contributed by atoms with Crippen LogP contribution in [-0.2, 0) is 9.59 Å². The Balaban J connectivity index is 1.77. The Bertz CT molecular complexity index is 708. The molecule has 1 atom stereocenters. The predicted molar refractivity (Wildman–Crippen MR) is 99.7 cm³/mol. The number of benzene rings is 2. The first-order valence-electron chi connectivity index (χ1n) is 7.17. The predicted octanol–water partition coefficient (Wildman–Crippen LogP) is 4.29. The van der Waals surface area contributed by atoms with Crippen molar-refractivity contribution >= 4 is 50.9 Å². The van der Waals surface area contributed by atoms with Gasteiger partial charge in [0, 0.05) is 15.8 Å². The summed E-state index contributed by atoms with van der Waals surface area (Å²) in [5, 5.41) is 5.07. The van der Waals surface area contributed by atoms with Gasteiger partial charge < -0.3 is 10.6 Å². The van der Waals surface area contributed by atoms with Crippen LogP contribution in [0.5, 0.6) is 0 Å². The van der Waals surface area contributed by atoms with Crippen LogP contribution in [0.3, 0.4) is 0 Å². The van der Waals surface area contributed by atoms with Crippen LogP contribution in [0, 0.1) is 5.82 Å². The van der Waals surface area contributed by atoms with Crippen LogP contribution in [0.1, 0.15) is 6.92 Å². The summed E-state index contributed by atoms with van der Waals surface area (Å²) in [6.07, 6.45) is 0. The van der Waals surface area contributed by atoms with Crippen molar-refractivity contribution in [2.24, 2.45) is 0 Å². The zero-order valence-electron chi connectivity index (χ0n) is 12.9. The number of rotatable bonds is 6. The number of nitrogens with one attached hydrogen (secondary N) is 2. The molecule has 0 aromatic heterocycles. The van der Waals surface area contributed by atoms with E-state index < -0.39 is 0 Å². The van der Waals surface area contributed by atoms with E-state index >= 15 is 0 Å². The minimum absolute atomic E-state index is 0.131. The molecule has 0 saturated heterocycles. The van der Waals surface area contributed by atoms with Gasteiger partial charge in [-0.15, -0.1) is 11.8 Å². The first-order chi connectivity index (χ1) is 11.4. The van der Waals surface area contributed by atoms with E-state index in [1.807, 2.05) is 12.1 Å². The maximum Gasteiger partial charge on any atom is 0.237 e. The SMILES string of the molecule is C[C@@H](SCC(=O)Nc1ccc(F)cc1)C(=O)Nc1ccc(Br)cc1. The highest BCUT2D eigenvalue weighted by molar-refractivity contribution is 9.10. The van der Waals surface area contributed by atoms with Gasteiger partial charge in [0.1, 0.15) is 5.82 Å². The Morgan fingerprint density at radius 2 is 1.58 bits per heavy atom. The lowest BCUT2D eigenvalue weighted by Crippen LogP contribution is -2.25. The number of hydrogen-bond donors (Lipinski definition) is 2. The molecule has 4 nitrogen and oxygen atoms in total. The average molecular weight is 411 g/mol. The van der Waals surface area contributed by atoms with E-state index in [0.717, 1.165) is 4.47 Å². The van der Waals surface area contributed by atoms with Crippen molar-refractivity contribution in [2.45, 2.75) is 12.2 Å². The molecule has 0 saturated carbocycles. The molecule has 0 spiro atoms. The van der Waals surface area contributed by atoms with Gasteiger partial charge >= 0.3 is 0 Å². The highest BCUT2D eigenvalue weighted by Gasteiger charge is 2.15. The average Bonchev–Trinajstić information content (AvgIpc) is 2.57. The lowest BCUT2D eigenvalue weighted by atomic mass is 10.3. The second kappa shape index (κ2) is 8.84. The topological polar surface area (TPSA) is 58.2 Å². The molecule has 0 aliphatic carbocycles. The number of amides is 2. The third-order valence-electron chi connectivity index (χ3n) is 3.07. The summed E-state index contributed by atoms with van der Waals surface area (Å²) in [6, 6.07) is 12.8. The second-order valence-electron chi connectivity index (χ2n) is 5.00. The first-order valence-corrected chi connectivity index (χ1v) is 9.01. The molecule has 2 aromatic rings. The van der Waals surface area contributed by atoms with Gasteiger partial charge in [-0.1, -0.05) is 15.9 Å². The van der Waals surface area contributed by atoms with Gasteiger partial charge in [-0.2, -0.15) is 0 Å². The molecule has 0 unspecified atom stereocenters. The minimum Gasteiger partial charge on any atom is -0.325 e. The van der Waals surface area contributed by atoms with Crippen LogP contribution >= 0.6 is 27.7 Å². The van der Waals surface area contributed by atoms with Crippen LogP contribution in [-0.4, -0.2) is 22.8 Å². The Morgan fingerprint density at radius 3 is 2.21 bits per heavy atom. The van der Waals surface area contributed by atoms with E-state index in [9.17, 15) is 14.0 Å².